The molecule has 5 nitrogen and oxygen atoms in total. The average Bonchev–Trinajstić information content (AvgIpc) is 2.38. The molecule has 0 radical (unpaired) electrons. The van der Waals surface area contributed by atoms with E-state index in [-0.39, 0.29) is 18.0 Å². The molecule has 1 fully saturated rings. The summed E-state index contributed by atoms with van der Waals surface area (Å²) >= 11 is 1.81. The molecule has 110 valence electrons. The van der Waals surface area contributed by atoms with Gasteiger partial charge in [0.2, 0.25) is 0 Å². The van der Waals surface area contributed by atoms with Gasteiger partial charge in [-0.1, -0.05) is 6.42 Å². The second kappa shape index (κ2) is 9.07. The molecular weight excluding hydrogens is 264 g/mol. The Morgan fingerprint density at radius 3 is 2.79 bits per heavy atom. The lowest BCUT2D eigenvalue weighted by molar-refractivity contribution is -0.143. The van der Waals surface area contributed by atoms with Crippen LogP contribution in [0.1, 0.15) is 38.5 Å². The van der Waals surface area contributed by atoms with Crippen LogP contribution in [0.25, 0.3) is 0 Å². The number of aliphatic carboxylic acids is 1. The Bertz CT molecular complexity index is 300. The van der Waals surface area contributed by atoms with Gasteiger partial charge in [-0.25, -0.2) is 4.79 Å². The van der Waals surface area contributed by atoms with Crippen molar-refractivity contribution in [2.45, 2.75) is 44.6 Å². The quantitative estimate of drug-likeness (QED) is 0.627. The first-order chi connectivity index (χ1) is 9.13. The molecule has 0 aromatic heterocycles. The molecule has 0 aliphatic heterocycles. The first kappa shape index (κ1) is 16.1. The van der Waals surface area contributed by atoms with Crippen LogP contribution in [0.15, 0.2) is 0 Å². The van der Waals surface area contributed by atoms with Crippen molar-refractivity contribution in [1.29, 1.82) is 0 Å². The summed E-state index contributed by atoms with van der Waals surface area (Å²) in [5, 5.41) is 14.7. The zero-order valence-electron chi connectivity index (χ0n) is 11.5. The normalized spacial score (nSPS) is 22.8. The minimum atomic E-state index is -0.746. The molecule has 1 aliphatic carbocycles. The molecule has 0 heterocycles. The maximum atomic E-state index is 11.6. The highest BCUT2D eigenvalue weighted by Gasteiger charge is 2.27. The highest BCUT2D eigenvalue weighted by Crippen LogP contribution is 2.24. The number of urea groups is 1. The Hall–Kier alpha value is -0.910. The van der Waals surface area contributed by atoms with Crippen molar-refractivity contribution in [3.05, 3.63) is 0 Å². The molecule has 1 rings (SSSR count). The summed E-state index contributed by atoms with van der Waals surface area (Å²) in [7, 11) is 0. The summed E-state index contributed by atoms with van der Waals surface area (Å²) < 4.78 is 0. The van der Waals surface area contributed by atoms with Gasteiger partial charge in [0, 0.05) is 12.6 Å². The van der Waals surface area contributed by atoms with E-state index < -0.39 is 5.97 Å². The van der Waals surface area contributed by atoms with E-state index in [2.05, 4.69) is 16.9 Å². The number of rotatable bonds is 7. The second-order valence-electron chi connectivity index (χ2n) is 5.00. The van der Waals surface area contributed by atoms with E-state index >= 15 is 0 Å². The van der Waals surface area contributed by atoms with E-state index in [9.17, 15) is 9.59 Å². The molecule has 2 unspecified atom stereocenters. The van der Waals surface area contributed by atoms with Gasteiger partial charge in [0.1, 0.15) is 0 Å². The molecule has 0 spiro atoms. The first-order valence-corrected chi connectivity index (χ1v) is 8.29. The number of hydrogen-bond acceptors (Lipinski definition) is 3. The van der Waals surface area contributed by atoms with Crippen molar-refractivity contribution in [3.8, 4) is 0 Å². The average molecular weight is 288 g/mol. The van der Waals surface area contributed by atoms with Crippen LogP contribution in [0, 0.1) is 5.92 Å². The molecule has 1 aliphatic rings. The van der Waals surface area contributed by atoms with Crippen LogP contribution in [0.3, 0.4) is 0 Å². The lowest BCUT2D eigenvalue weighted by Gasteiger charge is -2.27. The van der Waals surface area contributed by atoms with Crippen molar-refractivity contribution in [2.75, 3.05) is 18.6 Å². The van der Waals surface area contributed by atoms with Crippen LogP contribution in [-0.4, -0.2) is 41.7 Å². The molecular formula is C13H24N2O3S. The highest BCUT2D eigenvalue weighted by atomic mass is 32.2. The molecule has 6 heteroatoms. The van der Waals surface area contributed by atoms with Crippen LogP contribution in [0.5, 0.6) is 0 Å². The fraction of sp³-hybridized carbons (Fsp3) is 0.846. The molecule has 0 saturated heterocycles. The van der Waals surface area contributed by atoms with Gasteiger partial charge in [0.25, 0.3) is 0 Å². The minimum absolute atomic E-state index is 0.000970. The Labute approximate surface area is 118 Å². The van der Waals surface area contributed by atoms with E-state index in [1.807, 2.05) is 11.8 Å². The van der Waals surface area contributed by atoms with Crippen LogP contribution >= 0.6 is 11.8 Å². The van der Waals surface area contributed by atoms with Crippen molar-refractivity contribution < 1.29 is 14.7 Å². The van der Waals surface area contributed by atoms with Gasteiger partial charge in [-0.3, -0.25) is 4.79 Å². The molecule has 0 aromatic rings. The fourth-order valence-corrected chi connectivity index (χ4v) is 2.85. The number of carboxylic acid groups (broad SMARTS) is 1. The van der Waals surface area contributed by atoms with Gasteiger partial charge in [0.15, 0.2) is 0 Å². The lowest BCUT2D eigenvalue weighted by Crippen LogP contribution is -2.45. The predicted molar refractivity (Wildman–Crippen MR) is 77.5 cm³/mol. The Kier molecular flexibility index (Phi) is 7.70. The Balaban J connectivity index is 2.15. The molecule has 0 bridgehead atoms. The second-order valence-corrected chi connectivity index (χ2v) is 5.98. The zero-order chi connectivity index (χ0) is 14.1. The van der Waals surface area contributed by atoms with Gasteiger partial charge in [-0.05, 0) is 44.1 Å². The number of carbonyl (C=O) groups excluding carboxylic acids is 1. The number of unbranched alkanes of at least 4 members (excludes halogenated alkanes) is 1. The monoisotopic (exact) mass is 288 g/mol. The molecule has 2 atom stereocenters. The molecule has 0 aromatic carbocycles. The van der Waals surface area contributed by atoms with E-state index in [1.165, 1.54) is 0 Å². The topological polar surface area (TPSA) is 78.4 Å². The van der Waals surface area contributed by atoms with E-state index in [4.69, 9.17) is 5.11 Å². The molecule has 1 saturated carbocycles. The number of thioether (sulfide) groups is 1. The number of amides is 2. The zero-order valence-corrected chi connectivity index (χ0v) is 12.3. The third-order valence-corrected chi connectivity index (χ3v) is 4.12. The number of carbonyl (C=O) groups is 2. The summed E-state index contributed by atoms with van der Waals surface area (Å²) in [6.45, 7) is 0.682. The largest absolute Gasteiger partial charge is 0.481 e. The maximum absolute atomic E-state index is 11.6. The summed E-state index contributed by atoms with van der Waals surface area (Å²) in [5.74, 6) is 0.0660. The van der Waals surface area contributed by atoms with Crippen molar-refractivity contribution in [1.82, 2.24) is 10.6 Å². The van der Waals surface area contributed by atoms with E-state index in [0.29, 0.717) is 13.0 Å². The Morgan fingerprint density at radius 1 is 1.32 bits per heavy atom. The summed E-state index contributed by atoms with van der Waals surface area (Å²) in [5.41, 5.74) is 0. The lowest BCUT2D eigenvalue weighted by atomic mass is 9.86. The standard InChI is InChI=1S/C13H24N2O3S/c1-19-8-3-2-7-14-13(18)15-11-6-4-5-10(9-11)12(16)17/h10-11H,2-9H2,1H3,(H,16,17)(H2,14,15,18). The molecule has 19 heavy (non-hydrogen) atoms. The van der Waals surface area contributed by atoms with Gasteiger partial charge < -0.3 is 15.7 Å². The summed E-state index contributed by atoms with van der Waals surface area (Å²) in [6.07, 6.45) is 7.18. The third kappa shape index (κ3) is 6.71. The minimum Gasteiger partial charge on any atom is -0.481 e. The summed E-state index contributed by atoms with van der Waals surface area (Å²) in [6, 6.07) is -0.166. The fourth-order valence-electron chi connectivity index (χ4n) is 2.35. The highest BCUT2D eigenvalue weighted by molar-refractivity contribution is 7.98. The smallest absolute Gasteiger partial charge is 0.315 e. The number of nitrogens with one attached hydrogen (secondary N) is 2. The molecule has 2 amide bonds. The van der Waals surface area contributed by atoms with Crippen LogP contribution in [0.2, 0.25) is 0 Å². The summed E-state index contributed by atoms with van der Waals surface area (Å²) in [4.78, 5) is 22.6. The molecule has 3 N–H and O–H groups in total. The number of hydrogen-bond donors (Lipinski definition) is 3. The van der Waals surface area contributed by atoms with Gasteiger partial charge in [0.05, 0.1) is 5.92 Å². The SMILES string of the molecule is CSCCCCNC(=O)NC1CCCC(C(=O)O)C1. The van der Waals surface area contributed by atoms with Crippen LogP contribution in [0.4, 0.5) is 4.79 Å². The van der Waals surface area contributed by atoms with Crippen LogP contribution < -0.4 is 10.6 Å². The van der Waals surface area contributed by atoms with Crippen molar-refractivity contribution >= 4 is 23.8 Å². The number of carboxylic acids is 1. The van der Waals surface area contributed by atoms with E-state index in [0.717, 1.165) is 37.9 Å². The van der Waals surface area contributed by atoms with Gasteiger partial charge in [-0.15, -0.1) is 0 Å². The Morgan fingerprint density at radius 2 is 2.11 bits per heavy atom. The van der Waals surface area contributed by atoms with Gasteiger partial charge in [-0.2, -0.15) is 11.8 Å². The maximum Gasteiger partial charge on any atom is 0.315 e. The van der Waals surface area contributed by atoms with Crippen molar-refractivity contribution in [3.63, 3.8) is 0 Å². The third-order valence-electron chi connectivity index (χ3n) is 3.42. The van der Waals surface area contributed by atoms with Gasteiger partial charge >= 0.3 is 12.0 Å². The first-order valence-electron chi connectivity index (χ1n) is 6.89. The predicted octanol–water partition coefficient (Wildman–Crippen LogP) is 2.07. The van der Waals surface area contributed by atoms with Crippen molar-refractivity contribution in [2.24, 2.45) is 5.92 Å². The van der Waals surface area contributed by atoms with Crippen LogP contribution in [-0.2, 0) is 4.79 Å². The van der Waals surface area contributed by atoms with E-state index in [1.54, 1.807) is 0 Å².